The second kappa shape index (κ2) is 3.35. The Bertz CT molecular complexity index is 197. The van der Waals surface area contributed by atoms with Crippen LogP contribution in [-0.2, 0) is 0 Å². The van der Waals surface area contributed by atoms with Gasteiger partial charge in [0.05, 0.1) is 0 Å². The molecule has 0 fully saturated rings. The molecule has 1 aliphatic carbocycles. The number of halogens is 1. The van der Waals surface area contributed by atoms with Gasteiger partial charge in [0.2, 0.25) is 0 Å². The van der Waals surface area contributed by atoms with Gasteiger partial charge in [0.15, 0.2) is 0 Å². The molecule has 0 saturated carbocycles. The second-order valence-corrected chi connectivity index (χ2v) is 2.41. The van der Waals surface area contributed by atoms with Crippen molar-refractivity contribution in [1.29, 1.82) is 0 Å². The van der Waals surface area contributed by atoms with E-state index in [9.17, 15) is 4.39 Å². The maximum absolute atomic E-state index is 12.8. The molecule has 0 radical (unpaired) electrons. The zero-order valence-corrected chi connectivity index (χ0v) is 6.10. The molecule has 10 heavy (non-hydrogen) atoms. The van der Waals surface area contributed by atoms with Crippen molar-refractivity contribution in [2.24, 2.45) is 0 Å². The van der Waals surface area contributed by atoms with E-state index >= 15 is 0 Å². The first-order valence-electron chi connectivity index (χ1n) is 3.49. The highest BCUT2D eigenvalue weighted by Crippen LogP contribution is 2.15. The summed E-state index contributed by atoms with van der Waals surface area (Å²) in [6.07, 6.45) is 8.96. The maximum atomic E-state index is 12.8. The smallest absolute Gasteiger partial charge is 0.103 e. The molecule has 0 atom stereocenters. The Kier molecular flexibility index (Phi) is 2.43. The highest BCUT2D eigenvalue weighted by Gasteiger charge is 1.97. The fourth-order valence-corrected chi connectivity index (χ4v) is 0.872. The van der Waals surface area contributed by atoms with E-state index < -0.39 is 0 Å². The molecule has 0 aliphatic heterocycles. The van der Waals surface area contributed by atoms with Crippen LogP contribution < -0.4 is 0 Å². The van der Waals surface area contributed by atoms with Gasteiger partial charge in [-0.3, -0.25) is 0 Å². The predicted octanol–water partition coefficient (Wildman–Crippen LogP) is 3.14. The fraction of sp³-hybridized carbons (Fsp3) is 0.333. The summed E-state index contributed by atoms with van der Waals surface area (Å²) in [5, 5.41) is 0. The first-order valence-corrected chi connectivity index (χ1v) is 3.49. The summed E-state index contributed by atoms with van der Waals surface area (Å²) in [4.78, 5) is 0. The SMILES string of the molecule is CC1=C(\F)CC/C=C/C=C\1. The van der Waals surface area contributed by atoms with E-state index in [0.29, 0.717) is 6.42 Å². The molecular formula is C9H11F. The zero-order chi connectivity index (χ0) is 7.40. The molecule has 1 heteroatoms. The van der Waals surface area contributed by atoms with E-state index in [1.54, 1.807) is 13.0 Å². The minimum atomic E-state index is 0.0144. The normalized spacial score (nSPS) is 32.6. The summed E-state index contributed by atoms with van der Waals surface area (Å²) < 4.78 is 12.8. The van der Waals surface area contributed by atoms with Crippen molar-refractivity contribution in [1.82, 2.24) is 0 Å². The van der Waals surface area contributed by atoms with Gasteiger partial charge >= 0.3 is 0 Å². The summed E-state index contributed by atoms with van der Waals surface area (Å²) in [6, 6.07) is 0. The van der Waals surface area contributed by atoms with Crippen LogP contribution in [0.15, 0.2) is 35.7 Å². The fourth-order valence-electron chi connectivity index (χ4n) is 0.872. The first kappa shape index (κ1) is 7.26. The van der Waals surface area contributed by atoms with Crippen molar-refractivity contribution >= 4 is 0 Å². The standard InChI is InChI=1S/C9H11F/c1-8-6-4-2-3-5-7-9(8)10/h2-4,6H,5,7H2,1H3/b3-2+,6-4-,9-8+. The van der Waals surface area contributed by atoms with Gasteiger partial charge < -0.3 is 0 Å². The van der Waals surface area contributed by atoms with Crippen LogP contribution in [0.4, 0.5) is 4.39 Å². The average Bonchev–Trinajstić information content (AvgIpc) is 1.92. The molecule has 0 aromatic heterocycles. The lowest BCUT2D eigenvalue weighted by Crippen LogP contribution is -1.81. The molecule has 0 nitrogen and oxygen atoms in total. The molecular weight excluding hydrogens is 127 g/mol. The van der Waals surface area contributed by atoms with Crippen LogP contribution in [0.25, 0.3) is 0 Å². The van der Waals surface area contributed by atoms with Gasteiger partial charge in [0.1, 0.15) is 5.83 Å². The molecule has 0 aromatic rings. The lowest BCUT2D eigenvalue weighted by Gasteiger charge is -1.99. The zero-order valence-electron chi connectivity index (χ0n) is 6.10. The third-order valence-electron chi connectivity index (χ3n) is 1.55. The van der Waals surface area contributed by atoms with Gasteiger partial charge in [-0.15, -0.1) is 0 Å². The quantitative estimate of drug-likeness (QED) is 0.482. The number of allylic oxidation sites excluding steroid dienone is 6. The van der Waals surface area contributed by atoms with Crippen LogP contribution in [0.3, 0.4) is 0 Å². The van der Waals surface area contributed by atoms with Crippen LogP contribution in [0.1, 0.15) is 19.8 Å². The van der Waals surface area contributed by atoms with Crippen molar-refractivity contribution < 1.29 is 4.39 Å². The van der Waals surface area contributed by atoms with Crippen molar-refractivity contribution in [3.63, 3.8) is 0 Å². The highest BCUT2D eigenvalue weighted by atomic mass is 19.1. The van der Waals surface area contributed by atoms with Crippen LogP contribution in [0.2, 0.25) is 0 Å². The molecule has 0 amide bonds. The minimum absolute atomic E-state index is 0.0144. The van der Waals surface area contributed by atoms with Crippen molar-refractivity contribution in [3.05, 3.63) is 35.7 Å². The third kappa shape index (κ3) is 1.83. The molecule has 1 rings (SSSR count). The van der Waals surface area contributed by atoms with Gasteiger partial charge in [-0.2, -0.15) is 0 Å². The summed E-state index contributed by atoms with van der Waals surface area (Å²) in [7, 11) is 0. The van der Waals surface area contributed by atoms with Crippen LogP contribution in [0, 0.1) is 0 Å². The Morgan fingerprint density at radius 1 is 1.40 bits per heavy atom. The first-order chi connectivity index (χ1) is 4.80. The molecule has 0 bridgehead atoms. The van der Waals surface area contributed by atoms with Crippen LogP contribution in [0.5, 0.6) is 0 Å². The van der Waals surface area contributed by atoms with Crippen molar-refractivity contribution in [2.45, 2.75) is 19.8 Å². The van der Waals surface area contributed by atoms with Gasteiger partial charge in [-0.05, 0) is 18.9 Å². The van der Waals surface area contributed by atoms with Crippen molar-refractivity contribution in [3.8, 4) is 0 Å². The second-order valence-electron chi connectivity index (χ2n) is 2.41. The van der Waals surface area contributed by atoms with Crippen molar-refractivity contribution in [2.75, 3.05) is 0 Å². The Balaban J connectivity index is 2.79. The van der Waals surface area contributed by atoms with E-state index in [0.717, 1.165) is 12.0 Å². The molecule has 0 aromatic carbocycles. The molecule has 0 N–H and O–H groups in total. The molecule has 1 aliphatic rings. The van der Waals surface area contributed by atoms with E-state index in [1.165, 1.54) is 0 Å². The largest absolute Gasteiger partial charge is 0.212 e. The highest BCUT2D eigenvalue weighted by molar-refractivity contribution is 5.24. The maximum Gasteiger partial charge on any atom is 0.103 e. The lowest BCUT2D eigenvalue weighted by atomic mass is 10.1. The topological polar surface area (TPSA) is 0 Å². The van der Waals surface area contributed by atoms with Gasteiger partial charge in [-0.25, -0.2) is 4.39 Å². The van der Waals surface area contributed by atoms with E-state index in [1.807, 2.05) is 18.2 Å². The summed E-state index contributed by atoms with van der Waals surface area (Å²) >= 11 is 0. The molecule has 0 unspecified atom stereocenters. The summed E-state index contributed by atoms with van der Waals surface area (Å²) in [6.45, 7) is 1.80. The molecule has 0 heterocycles. The summed E-state index contributed by atoms with van der Waals surface area (Å²) in [5.74, 6) is 0.0144. The van der Waals surface area contributed by atoms with E-state index in [2.05, 4.69) is 0 Å². The minimum Gasteiger partial charge on any atom is -0.212 e. The van der Waals surface area contributed by atoms with Crippen LogP contribution >= 0.6 is 0 Å². The monoisotopic (exact) mass is 138 g/mol. The summed E-state index contributed by atoms with van der Waals surface area (Å²) in [5.41, 5.74) is 0.754. The Morgan fingerprint density at radius 3 is 3.00 bits per heavy atom. The lowest BCUT2D eigenvalue weighted by molar-refractivity contribution is 0.583. The van der Waals surface area contributed by atoms with Gasteiger partial charge in [0.25, 0.3) is 0 Å². The number of rotatable bonds is 0. The van der Waals surface area contributed by atoms with E-state index in [4.69, 9.17) is 0 Å². The Morgan fingerprint density at radius 2 is 2.20 bits per heavy atom. The van der Waals surface area contributed by atoms with Gasteiger partial charge in [0, 0.05) is 6.42 Å². The van der Waals surface area contributed by atoms with Gasteiger partial charge in [-0.1, -0.05) is 24.3 Å². The Hall–Kier alpha value is -0.850. The van der Waals surface area contributed by atoms with Crippen LogP contribution in [-0.4, -0.2) is 0 Å². The number of hydrogen-bond donors (Lipinski definition) is 0. The molecule has 54 valence electrons. The number of hydrogen-bond acceptors (Lipinski definition) is 0. The van der Waals surface area contributed by atoms with E-state index in [-0.39, 0.29) is 5.83 Å². The Labute approximate surface area is 60.7 Å². The predicted molar refractivity (Wildman–Crippen MR) is 41.3 cm³/mol. The molecule has 0 saturated heterocycles. The average molecular weight is 138 g/mol. The molecule has 0 spiro atoms. The third-order valence-corrected chi connectivity index (χ3v) is 1.55.